The molecule has 0 aliphatic carbocycles. The molecule has 0 spiro atoms. The molecule has 0 bridgehead atoms. The van der Waals surface area contributed by atoms with Gasteiger partial charge in [0.25, 0.3) is 0 Å². The second-order valence-corrected chi connectivity index (χ2v) is 5.83. The standard InChI is InChI=1S/C11H16N4O2S/c12-18(16,17)7-3-5-13-8-10-9-14-15-6-2-1-4-11(10)15/h1-2,4,6,9,13H,3,5,7-8H2,(H2,12,16,17). The summed E-state index contributed by atoms with van der Waals surface area (Å²) in [6.45, 7) is 1.28. The molecule has 0 aliphatic heterocycles. The van der Waals surface area contributed by atoms with Gasteiger partial charge in [-0.15, -0.1) is 0 Å². The number of aromatic nitrogens is 2. The number of nitrogens with one attached hydrogen (secondary N) is 1. The van der Waals surface area contributed by atoms with E-state index in [0.717, 1.165) is 11.1 Å². The van der Waals surface area contributed by atoms with Gasteiger partial charge >= 0.3 is 0 Å². The van der Waals surface area contributed by atoms with Crippen LogP contribution in [0.3, 0.4) is 0 Å². The third kappa shape index (κ3) is 3.52. The quantitative estimate of drug-likeness (QED) is 0.727. The highest BCUT2D eigenvalue weighted by Crippen LogP contribution is 2.09. The highest BCUT2D eigenvalue weighted by Gasteiger charge is 2.04. The van der Waals surface area contributed by atoms with Crippen LogP contribution in [0.1, 0.15) is 12.0 Å². The molecule has 6 nitrogen and oxygen atoms in total. The van der Waals surface area contributed by atoms with Crippen molar-refractivity contribution in [2.75, 3.05) is 12.3 Å². The monoisotopic (exact) mass is 268 g/mol. The normalized spacial score (nSPS) is 12.1. The predicted molar refractivity (Wildman–Crippen MR) is 69.5 cm³/mol. The molecule has 2 heterocycles. The molecule has 0 saturated carbocycles. The number of fused-ring (bicyclic) bond motifs is 1. The second-order valence-electron chi connectivity index (χ2n) is 4.10. The van der Waals surface area contributed by atoms with E-state index < -0.39 is 10.0 Å². The summed E-state index contributed by atoms with van der Waals surface area (Å²) < 4.78 is 23.3. The van der Waals surface area contributed by atoms with E-state index in [2.05, 4.69) is 10.4 Å². The molecule has 3 N–H and O–H groups in total. The van der Waals surface area contributed by atoms with E-state index in [1.807, 2.05) is 30.6 Å². The Bertz CT molecular complexity index is 621. The zero-order chi connectivity index (χ0) is 13.0. The number of nitrogens with two attached hydrogens (primary N) is 1. The van der Waals surface area contributed by atoms with Crippen LogP contribution in [-0.2, 0) is 16.6 Å². The molecule has 0 fully saturated rings. The fraction of sp³-hybridized carbons (Fsp3) is 0.364. The minimum absolute atomic E-state index is 0.00869. The summed E-state index contributed by atoms with van der Waals surface area (Å²) in [5.41, 5.74) is 2.14. The Labute approximate surface area is 106 Å². The van der Waals surface area contributed by atoms with Crippen molar-refractivity contribution in [3.8, 4) is 0 Å². The fourth-order valence-corrected chi connectivity index (χ4v) is 2.29. The van der Waals surface area contributed by atoms with E-state index in [1.165, 1.54) is 0 Å². The number of nitrogens with zero attached hydrogens (tertiary/aromatic N) is 2. The molecular formula is C11H16N4O2S. The summed E-state index contributed by atoms with van der Waals surface area (Å²) in [5, 5.41) is 12.3. The molecule has 0 aromatic carbocycles. The molecule has 0 radical (unpaired) electrons. The van der Waals surface area contributed by atoms with Crippen LogP contribution >= 0.6 is 0 Å². The van der Waals surface area contributed by atoms with Crippen LogP contribution in [0.4, 0.5) is 0 Å². The smallest absolute Gasteiger partial charge is 0.209 e. The third-order valence-corrected chi connectivity index (χ3v) is 3.46. The number of rotatable bonds is 6. The predicted octanol–water partition coefficient (Wildman–Crippen LogP) is 0.103. The molecule has 18 heavy (non-hydrogen) atoms. The summed E-state index contributed by atoms with van der Waals surface area (Å²) in [6.07, 6.45) is 4.21. The first-order valence-electron chi connectivity index (χ1n) is 5.69. The topological polar surface area (TPSA) is 89.5 Å². The molecule has 0 amide bonds. The summed E-state index contributed by atoms with van der Waals surface area (Å²) in [6, 6.07) is 5.87. The fourth-order valence-electron chi connectivity index (χ4n) is 1.75. The first-order valence-corrected chi connectivity index (χ1v) is 7.40. The molecule has 0 aliphatic rings. The molecule has 0 atom stereocenters. The van der Waals surface area contributed by atoms with Gasteiger partial charge in [-0.1, -0.05) is 6.07 Å². The third-order valence-electron chi connectivity index (χ3n) is 2.60. The van der Waals surface area contributed by atoms with Crippen LogP contribution in [0.2, 0.25) is 0 Å². The Morgan fingerprint density at radius 2 is 2.22 bits per heavy atom. The molecule has 98 valence electrons. The summed E-state index contributed by atoms with van der Waals surface area (Å²) >= 11 is 0. The lowest BCUT2D eigenvalue weighted by Gasteiger charge is -2.03. The first-order chi connectivity index (χ1) is 8.56. The Kier molecular flexibility index (Phi) is 3.95. The molecule has 2 aromatic rings. The lowest BCUT2D eigenvalue weighted by Crippen LogP contribution is -2.21. The van der Waals surface area contributed by atoms with Crippen LogP contribution < -0.4 is 10.5 Å². The van der Waals surface area contributed by atoms with E-state index in [0.29, 0.717) is 19.5 Å². The van der Waals surface area contributed by atoms with Crippen molar-refractivity contribution >= 4 is 15.5 Å². The zero-order valence-electron chi connectivity index (χ0n) is 9.91. The van der Waals surface area contributed by atoms with Crippen LogP contribution in [0, 0.1) is 0 Å². The van der Waals surface area contributed by atoms with Crippen molar-refractivity contribution < 1.29 is 8.42 Å². The maximum atomic E-state index is 10.7. The van der Waals surface area contributed by atoms with Gasteiger partial charge in [0, 0.05) is 18.3 Å². The zero-order valence-corrected chi connectivity index (χ0v) is 10.7. The SMILES string of the molecule is NS(=O)(=O)CCCNCc1cnn2ccccc12. The van der Waals surface area contributed by atoms with Gasteiger partial charge in [-0.3, -0.25) is 0 Å². The van der Waals surface area contributed by atoms with Gasteiger partial charge in [0.2, 0.25) is 10.0 Å². The van der Waals surface area contributed by atoms with E-state index in [9.17, 15) is 8.42 Å². The van der Waals surface area contributed by atoms with Gasteiger partial charge in [-0.05, 0) is 25.1 Å². The van der Waals surface area contributed by atoms with E-state index in [-0.39, 0.29) is 5.75 Å². The maximum absolute atomic E-state index is 10.7. The summed E-state index contributed by atoms with van der Waals surface area (Å²) in [7, 11) is -3.35. The van der Waals surface area contributed by atoms with Crippen LogP contribution in [0.25, 0.3) is 5.52 Å². The van der Waals surface area contributed by atoms with Crippen molar-refractivity contribution in [2.45, 2.75) is 13.0 Å². The molecular weight excluding hydrogens is 252 g/mol. The molecule has 7 heteroatoms. The molecule has 0 unspecified atom stereocenters. The van der Waals surface area contributed by atoms with E-state index >= 15 is 0 Å². The molecule has 0 saturated heterocycles. The van der Waals surface area contributed by atoms with Crippen LogP contribution in [-0.4, -0.2) is 30.3 Å². The number of hydrogen-bond donors (Lipinski definition) is 2. The number of sulfonamides is 1. The lowest BCUT2D eigenvalue weighted by atomic mass is 10.2. The van der Waals surface area contributed by atoms with E-state index in [1.54, 1.807) is 4.52 Å². The maximum Gasteiger partial charge on any atom is 0.209 e. The molecule has 2 rings (SSSR count). The Morgan fingerprint density at radius 1 is 1.39 bits per heavy atom. The number of primary sulfonamides is 1. The van der Waals surface area contributed by atoms with Crippen LogP contribution in [0.5, 0.6) is 0 Å². The number of hydrogen-bond acceptors (Lipinski definition) is 4. The van der Waals surface area contributed by atoms with Gasteiger partial charge in [-0.2, -0.15) is 5.10 Å². The Balaban J connectivity index is 1.84. The average molecular weight is 268 g/mol. The minimum Gasteiger partial charge on any atom is -0.313 e. The van der Waals surface area contributed by atoms with Gasteiger partial charge in [0.15, 0.2) is 0 Å². The van der Waals surface area contributed by atoms with Crippen molar-refractivity contribution in [1.29, 1.82) is 0 Å². The first kappa shape index (κ1) is 13.0. The Morgan fingerprint density at radius 3 is 3.00 bits per heavy atom. The van der Waals surface area contributed by atoms with Crippen LogP contribution in [0.15, 0.2) is 30.6 Å². The van der Waals surface area contributed by atoms with Gasteiger partial charge in [0.1, 0.15) is 0 Å². The summed E-state index contributed by atoms with van der Waals surface area (Å²) in [5.74, 6) is 0.00869. The van der Waals surface area contributed by atoms with E-state index in [4.69, 9.17) is 5.14 Å². The minimum atomic E-state index is -3.35. The lowest BCUT2D eigenvalue weighted by molar-refractivity contribution is 0.590. The van der Waals surface area contributed by atoms with Gasteiger partial charge in [-0.25, -0.2) is 18.1 Å². The van der Waals surface area contributed by atoms with Gasteiger partial charge in [0.05, 0.1) is 17.5 Å². The highest BCUT2D eigenvalue weighted by atomic mass is 32.2. The van der Waals surface area contributed by atoms with Crippen molar-refractivity contribution in [3.63, 3.8) is 0 Å². The van der Waals surface area contributed by atoms with Crippen molar-refractivity contribution in [2.24, 2.45) is 5.14 Å². The van der Waals surface area contributed by atoms with Crippen molar-refractivity contribution in [1.82, 2.24) is 14.9 Å². The largest absolute Gasteiger partial charge is 0.313 e. The number of pyridine rings is 1. The second kappa shape index (κ2) is 5.47. The van der Waals surface area contributed by atoms with Crippen molar-refractivity contribution in [3.05, 3.63) is 36.2 Å². The molecule has 2 aromatic heterocycles. The Hall–Kier alpha value is -1.44. The average Bonchev–Trinajstić information content (AvgIpc) is 2.71. The van der Waals surface area contributed by atoms with Gasteiger partial charge < -0.3 is 5.32 Å². The summed E-state index contributed by atoms with van der Waals surface area (Å²) in [4.78, 5) is 0. The highest BCUT2D eigenvalue weighted by molar-refractivity contribution is 7.89.